The highest BCUT2D eigenvalue weighted by Crippen LogP contribution is 2.37. The average Bonchev–Trinajstić information content (AvgIpc) is 2.91. The van der Waals surface area contributed by atoms with Crippen LogP contribution < -0.4 is 10.5 Å². The van der Waals surface area contributed by atoms with Gasteiger partial charge in [-0.05, 0) is 25.3 Å². The number of nitrogens with one attached hydrogen (secondary N) is 1. The molecule has 1 aliphatic rings. The van der Waals surface area contributed by atoms with Crippen molar-refractivity contribution < 1.29 is 13.5 Å². The quantitative estimate of drug-likeness (QED) is 0.614. The Morgan fingerprint density at radius 1 is 1.31 bits per heavy atom. The molecular weight excluding hydrogens is 354 g/mol. The van der Waals surface area contributed by atoms with Crippen LogP contribution in [0, 0.1) is 0 Å². The highest BCUT2D eigenvalue weighted by Gasteiger charge is 2.40. The van der Waals surface area contributed by atoms with E-state index in [1.54, 1.807) is 0 Å². The van der Waals surface area contributed by atoms with Crippen LogP contribution in [-0.2, 0) is 23.2 Å². The van der Waals surface area contributed by atoms with Crippen molar-refractivity contribution in [3.8, 4) is 0 Å². The summed E-state index contributed by atoms with van der Waals surface area (Å²) < 4.78 is 28.3. The molecular formula is C17H21N5O3S. The topological polar surface area (TPSA) is 123 Å². The Labute approximate surface area is 151 Å². The summed E-state index contributed by atoms with van der Waals surface area (Å²) in [5.74, 6) is 0.748. The molecule has 2 heterocycles. The van der Waals surface area contributed by atoms with E-state index >= 15 is 0 Å². The number of aromatic nitrogens is 3. The van der Waals surface area contributed by atoms with Crippen molar-refractivity contribution in [3.63, 3.8) is 0 Å². The van der Waals surface area contributed by atoms with E-state index in [1.165, 1.54) is 6.26 Å². The van der Waals surface area contributed by atoms with Crippen LogP contribution in [0.15, 0.2) is 24.3 Å². The summed E-state index contributed by atoms with van der Waals surface area (Å²) in [6, 6.07) is 7.59. The molecule has 0 radical (unpaired) electrons. The van der Waals surface area contributed by atoms with Crippen LogP contribution in [0.3, 0.4) is 0 Å². The summed E-state index contributed by atoms with van der Waals surface area (Å²) in [7, 11) is -3.35. The standard InChI is InChI=1S/C17H21N5O3S/c1-26(24,25)21-17(7-4-8-17)10-22-13(9-23)20-14-15(22)11-5-2-3-6-12(11)19-16(14)18/h2-3,5-6,21,23H,4,7-10H2,1H3,(H2,18,19). The van der Waals surface area contributed by atoms with Crippen LogP contribution in [0.2, 0.25) is 0 Å². The SMILES string of the molecule is CS(=O)(=O)NC1(Cn2c(CO)nc3c(N)nc4ccccc4c32)CCC1. The van der Waals surface area contributed by atoms with Gasteiger partial charge in [0.2, 0.25) is 10.0 Å². The Balaban J connectivity index is 1.94. The van der Waals surface area contributed by atoms with Crippen LogP contribution in [-0.4, -0.2) is 39.9 Å². The fraction of sp³-hybridized carbons (Fsp3) is 0.412. The second-order valence-corrected chi connectivity index (χ2v) is 8.74. The largest absolute Gasteiger partial charge is 0.388 e. The smallest absolute Gasteiger partial charge is 0.209 e. The summed E-state index contributed by atoms with van der Waals surface area (Å²) in [6.45, 7) is 0.122. The maximum absolute atomic E-state index is 11.8. The molecule has 9 heteroatoms. The van der Waals surface area contributed by atoms with E-state index in [-0.39, 0.29) is 6.61 Å². The zero-order valence-electron chi connectivity index (χ0n) is 14.4. The number of fused-ring (bicyclic) bond motifs is 3. The first-order valence-electron chi connectivity index (χ1n) is 8.45. The molecule has 3 aromatic rings. The Morgan fingerprint density at radius 2 is 2.04 bits per heavy atom. The molecule has 138 valence electrons. The minimum Gasteiger partial charge on any atom is -0.388 e. The molecule has 0 saturated heterocycles. The van der Waals surface area contributed by atoms with E-state index in [0.29, 0.717) is 23.7 Å². The summed E-state index contributed by atoms with van der Waals surface area (Å²) in [5.41, 5.74) is 7.57. The Hall–Kier alpha value is -2.23. The van der Waals surface area contributed by atoms with Gasteiger partial charge in [-0.1, -0.05) is 18.2 Å². The third-order valence-electron chi connectivity index (χ3n) is 5.00. The maximum atomic E-state index is 11.8. The lowest BCUT2D eigenvalue weighted by atomic mass is 9.77. The predicted octanol–water partition coefficient (Wildman–Crippen LogP) is 1.13. The zero-order valence-corrected chi connectivity index (χ0v) is 15.3. The molecule has 8 nitrogen and oxygen atoms in total. The van der Waals surface area contributed by atoms with Gasteiger partial charge in [-0.2, -0.15) is 0 Å². The molecule has 0 atom stereocenters. The van der Waals surface area contributed by atoms with Crippen LogP contribution in [0.4, 0.5) is 5.82 Å². The molecule has 0 bridgehead atoms. The van der Waals surface area contributed by atoms with Gasteiger partial charge in [0.25, 0.3) is 0 Å². The maximum Gasteiger partial charge on any atom is 0.209 e. The monoisotopic (exact) mass is 375 g/mol. The number of aliphatic hydroxyl groups is 1. The molecule has 0 spiro atoms. The number of hydrogen-bond donors (Lipinski definition) is 3. The number of nitrogens with zero attached hydrogens (tertiary/aromatic N) is 3. The van der Waals surface area contributed by atoms with E-state index in [9.17, 15) is 13.5 Å². The van der Waals surface area contributed by atoms with Gasteiger partial charge in [-0.3, -0.25) is 0 Å². The number of hydrogen-bond acceptors (Lipinski definition) is 6. The molecule has 0 amide bonds. The normalized spacial score (nSPS) is 16.8. The molecule has 1 fully saturated rings. The number of nitrogen functional groups attached to an aromatic ring is 1. The molecule has 4 N–H and O–H groups in total. The Kier molecular flexibility index (Phi) is 3.90. The van der Waals surface area contributed by atoms with E-state index in [1.807, 2.05) is 28.8 Å². The van der Waals surface area contributed by atoms with Crippen molar-refractivity contribution in [2.45, 2.75) is 38.0 Å². The first-order chi connectivity index (χ1) is 12.3. The second kappa shape index (κ2) is 5.90. The lowest BCUT2D eigenvalue weighted by Crippen LogP contribution is -2.55. The Bertz CT molecular complexity index is 1100. The van der Waals surface area contributed by atoms with Crippen molar-refractivity contribution in [2.75, 3.05) is 12.0 Å². The van der Waals surface area contributed by atoms with Gasteiger partial charge in [-0.15, -0.1) is 0 Å². The van der Waals surface area contributed by atoms with Gasteiger partial charge in [0.1, 0.15) is 17.9 Å². The minimum atomic E-state index is -3.35. The van der Waals surface area contributed by atoms with E-state index in [2.05, 4.69) is 14.7 Å². The number of benzene rings is 1. The van der Waals surface area contributed by atoms with Crippen LogP contribution >= 0.6 is 0 Å². The number of pyridine rings is 1. The predicted molar refractivity (Wildman–Crippen MR) is 99.9 cm³/mol. The van der Waals surface area contributed by atoms with Crippen molar-refractivity contribution in [1.82, 2.24) is 19.3 Å². The number of nitrogens with two attached hydrogens (primary N) is 1. The number of aliphatic hydroxyl groups excluding tert-OH is 1. The van der Waals surface area contributed by atoms with Crippen molar-refractivity contribution >= 4 is 37.8 Å². The highest BCUT2D eigenvalue weighted by molar-refractivity contribution is 7.88. The molecule has 1 aliphatic carbocycles. The molecule has 2 aromatic heterocycles. The fourth-order valence-corrected chi connectivity index (χ4v) is 4.84. The first-order valence-corrected chi connectivity index (χ1v) is 10.3. The van der Waals surface area contributed by atoms with Crippen LogP contribution in [0.5, 0.6) is 0 Å². The summed E-state index contributed by atoms with van der Waals surface area (Å²) in [4.78, 5) is 8.86. The third kappa shape index (κ3) is 2.81. The van der Waals surface area contributed by atoms with Crippen molar-refractivity contribution in [1.29, 1.82) is 0 Å². The summed E-state index contributed by atoms with van der Waals surface area (Å²) in [6.07, 6.45) is 3.60. The van der Waals surface area contributed by atoms with Gasteiger partial charge in [0.05, 0.1) is 22.8 Å². The van der Waals surface area contributed by atoms with E-state index in [0.717, 1.165) is 35.7 Å². The summed E-state index contributed by atoms with van der Waals surface area (Å²) >= 11 is 0. The molecule has 1 saturated carbocycles. The molecule has 0 aliphatic heterocycles. The van der Waals surface area contributed by atoms with E-state index < -0.39 is 15.6 Å². The van der Waals surface area contributed by atoms with Gasteiger partial charge in [0.15, 0.2) is 5.82 Å². The third-order valence-corrected chi connectivity index (χ3v) is 5.81. The number of anilines is 1. The number of rotatable bonds is 5. The second-order valence-electron chi connectivity index (χ2n) is 6.99. The van der Waals surface area contributed by atoms with Gasteiger partial charge >= 0.3 is 0 Å². The minimum absolute atomic E-state index is 0.266. The average molecular weight is 375 g/mol. The first kappa shape index (κ1) is 17.2. The number of imidazole rings is 1. The van der Waals surface area contributed by atoms with Crippen LogP contribution in [0.1, 0.15) is 25.1 Å². The lowest BCUT2D eigenvalue weighted by molar-refractivity contribution is 0.184. The molecule has 0 unspecified atom stereocenters. The number of para-hydroxylation sites is 1. The van der Waals surface area contributed by atoms with Crippen molar-refractivity contribution in [2.24, 2.45) is 0 Å². The lowest BCUT2D eigenvalue weighted by Gasteiger charge is -2.42. The molecule has 26 heavy (non-hydrogen) atoms. The van der Waals surface area contributed by atoms with Gasteiger partial charge in [0, 0.05) is 11.9 Å². The Morgan fingerprint density at radius 3 is 2.65 bits per heavy atom. The highest BCUT2D eigenvalue weighted by atomic mass is 32.2. The van der Waals surface area contributed by atoms with Gasteiger partial charge in [-0.25, -0.2) is 23.1 Å². The molecule has 4 rings (SSSR count). The zero-order chi connectivity index (χ0) is 18.5. The van der Waals surface area contributed by atoms with Gasteiger partial charge < -0.3 is 15.4 Å². The number of sulfonamides is 1. The van der Waals surface area contributed by atoms with Crippen molar-refractivity contribution in [3.05, 3.63) is 30.1 Å². The molecule has 1 aromatic carbocycles. The van der Waals surface area contributed by atoms with E-state index in [4.69, 9.17) is 5.73 Å². The summed E-state index contributed by atoms with van der Waals surface area (Å²) in [5, 5.41) is 10.7. The fourth-order valence-electron chi connectivity index (χ4n) is 3.79. The van der Waals surface area contributed by atoms with Crippen LogP contribution in [0.25, 0.3) is 21.9 Å².